The van der Waals surface area contributed by atoms with Crippen LogP contribution in [-0.2, 0) is 6.42 Å². The van der Waals surface area contributed by atoms with Crippen molar-refractivity contribution in [2.24, 2.45) is 0 Å². The molecule has 4 rings (SSSR count). The van der Waals surface area contributed by atoms with Crippen molar-refractivity contribution in [3.8, 4) is 11.5 Å². The molecule has 30 heavy (non-hydrogen) atoms. The fourth-order valence-corrected chi connectivity index (χ4v) is 4.05. The number of nitrogens with zero attached hydrogens (tertiary/aromatic N) is 6. The molecular weight excluding hydrogens is 402 g/mol. The summed E-state index contributed by atoms with van der Waals surface area (Å²) in [5.41, 5.74) is 1.08. The van der Waals surface area contributed by atoms with E-state index in [1.807, 2.05) is 24.3 Å². The maximum atomic E-state index is 5.44. The van der Waals surface area contributed by atoms with E-state index in [0.717, 1.165) is 60.7 Å². The van der Waals surface area contributed by atoms with Crippen LogP contribution in [0.15, 0.2) is 36.7 Å². The third-order valence-corrected chi connectivity index (χ3v) is 5.74. The molecule has 0 amide bonds. The Hall–Kier alpha value is -3.14. The van der Waals surface area contributed by atoms with E-state index in [1.165, 1.54) is 11.5 Å². The Kier molecular flexibility index (Phi) is 6.43. The molecule has 0 saturated carbocycles. The van der Waals surface area contributed by atoms with Crippen molar-refractivity contribution in [1.82, 2.24) is 19.3 Å². The molecule has 0 spiro atoms. The first kappa shape index (κ1) is 20.1. The zero-order valence-electron chi connectivity index (χ0n) is 17.1. The van der Waals surface area contributed by atoms with Gasteiger partial charge in [0.2, 0.25) is 17.0 Å². The fraction of sp³-hybridized carbons (Fsp3) is 0.400. The lowest BCUT2D eigenvalue weighted by molar-refractivity contribution is 0.399. The van der Waals surface area contributed by atoms with E-state index < -0.39 is 0 Å². The Morgan fingerprint density at radius 2 is 1.80 bits per heavy atom. The van der Waals surface area contributed by atoms with Gasteiger partial charge in [0.1, 0.15) is 11.5 Å². The van der Waals surface area contributed by atoms with Gasteiger partial charge in [-0.15, -0.1) is 0 Å². The average Bonchev–Trinajstić information content (AvgIpc) is 3.28. The molecule has 3 heterocycles. The van der Waals surface area contributed by atoms with Crippen LogP contribution in [0.2, 0.25) is 0 Å². The normalized spacial score (nSPS) is 13.9. The monoisotopic (exact) mass is 427 g/mol. The fourth-order valence-electron chi connectivity index (χ4n) is 3.35. The molecule has 0 bridgehead atoms. The SMILES string of the molecule is COc1ccc(OC)c(CCNc2nsc(N3CCN(c4ncccn4)CC3)n2)c1. The summed E-state index contributed by atoms with van der Waals surface area (Å²) in [6.07, 6.45) is 4.34. The van der Waals surface area contributed by atoms with Gasteiger partial charge in [0.05, 0.1) is 14.2 Å². The topological polar surface area (TPSA) is 88.5 Å². The summed E-state index contributed by atoms with van der Waals surface area (Å²) in [6, 6.07) is 7.65. The lowest BCUT2D eigenvalue weighted by Crippen LogP contribution is -2.47. The number of aromatic nitrogens is 4. The maximum absolute atomic E-state index is 5.44. The van der Waals surface area contributed by atoms with Crippen molar-refractivity contribution < 1.29 is 9.47 Å². The lowest BCUT2D eigenvalue weighted by atomic mass is 10.1. The molecule has 1 aromatic carbocycles. The van der Waals surface area contributed by atoms with E-state index in [0.29, 0.717) is 12.5 Å². The van der Waals surface area contributed by atoms with Gasteiger partial charge in [0, 0.05) is 56.6 Å². The van der Waals surface area contributed by atoms with Crippen molar-refractivity contribution in [3.63, 3.8) is 0 Å². The summed E-state index contributed by atoms with van der Waals surface area (Å²) in [4.78, 5) is 17.8. The zero-order valence-corrected chi connectivity index (χ0v) is 17.9. The molecule has 158 valence electrons. The minimum Gasteiger partial charge on any atom is -0.497 e. The van der Waals surface area contributed by atoms with Gasteiger partial charge in [-0.05, 0) is 36.2 Å². The molecule has 3 aromatic rings. The smallest absolute Gasteiger partial charge is 0.236 e. The standard InChI is InChI=1S/C20H25N7O2S/c1-28-16-4-5-17(29-2)15(14-16)6-9-21-18-24-20(30-25-18)27-12-10-26(11-13-27)19-22-7-3-8-23-19/h3-5,7-8,14H,6,9-13H2,1-2H3,(H,21,25). The van der Waals surface area contributed by atoms with Crippen molar-refractivity contribution in [2.75, 3.05) is 62.1 Å². The Bertz CT molecular complexity index is 945. The predicted octanol–water partition coefficient (Wildman–Crippen LogP) is 2.33. The second-order valence-corrected chi connectivity index (χ2v) is 7.51. The largest absolute Gasteiger partial charge is 0.497 e. The van der Waals surface area contributed by atoms with Gasteiger partial charge in [0.15, 0.2) is 0 Å². The number of nitrogens with one attached hydrogen (secondary N) is 1. The number of hydrogen-bond acceptors (Lipinski definition) is 10. The summed E-state index contributed by atoms with van der Waals surface area (Å²) in [5, 5.41) is 4.25. The number of anilines is 3. The second-order valence-electron chi connectivity index (χ2n) is 6.78. The minimum absolute atomic E-state index is 0.658. The molecule has 1 saturated heterocycles. The van der Waals surface area contributed by atoms with E-state index in [-0.39, 0.29) is 0 Å². The zero-order chi connectivity index (χ0) is 20.8. The number of rotatable bonds is 8. The van der Waals surface area contributed by atoms with E-state index in [4.69, 9.17) is 9.47 Å². The van der Waals surface area contributed by atoms with Crippen LogP contribution in [0.25, 0.3) is 0 Å². The van der Waals surface area contributed by atoms with Gasteiger partial charge in [0.25, 0.3) is 0 Å². The Labute approximate surface area is 179 Å². The second kappa shape index (κ2) is 9.57. The quantitative estimate of drug-likeness (QED) is 0.582. The first-order valence-corrected chi connectivity index (χ1v) is 10.6. The van der Waals surface area contributed by atoms with Crippen LogP contribution in [0.4, 0.5) is 17.0 Å². The first-order valence-electron chi connectivity index (χ1n) is 9.82. The number of hydrogen-bond donors (Lipinski definition) is 1. The van der Waals surface area contributed by atoms with Crippen LogP contribution in [-0.4, -0.2) is 66.3 Å². The first-order chi connectivity index (χ1) is 14.8. The van der Waals surface area contributed by atoms with E-state index in [9.17, 15) is 0 Å². The highest BCUT2D eigenvalue weighted by atomic mass is 32.1. The van der Waals surface area contributed by atoms with Crippen LogP contribution in [0.5, 0.6) is 11.5 Å². The summed E-state index contributed by atoms with van der Waals surface area (Å²) < 4.78 is 15.2. The highest BCUT2D eigenvalue weighted by Gasteiger charge is 2.21. The van der Waals surface area contributed by atoms with E-state index in [1.54, 1.807) is 26.6 Å². The number of benzene rings is 1. The Morgan fingerprint density at radius 3 is 2.53 bits per heavy atom. The highest BCUT2D eigenvalue weighted by Crippen LogP contribution is 2.25. The summed E-state index contributed by atoms with van der Waals surface area (Å²) in [6.45, 7) is 4.17. The number of methoxy groups -OCH3 is 2. The van der Waals surface area contributed by atoms with Gasteiger partial charge in [-0.25, -0.2) is 9.97 Å². The molecule has 9 nitrogen and oxygen atoms in total. The number of ether oxygens (including phenoxy) is 2. The molecule has 1 aliphatic rings. The van der Waals surface area contributed by atoms with Crippen LogP contribution < -0.4 is 24.6 Å². The summed E-state index contributed by atoms with van der Waals surface area (Å²) >= 11 is 1.42. The van der Waals surface area contributed by atoms with Crippen LogP contribution in [0, 0.1) is 0 Å². The highest BCUT2D eigenvalue weighted by molar-refractivity contribution is 7.09. The van der Waals surface area contributed by atoms with Crippen LogP contribution in [0.1, 0.15) is 5.56 Å². The maximum Gasteiger partial charge on any atom is 0.236 e. The van der Waals surface area contributed by atoms with Crippen LogP contribution in [0.3, 0.4) is 0 Å². The molecule has 10 heteroatoms. The van der Waals surface area contributed by atoms with E-state index >= 15 is 0 Å². The Balaban J connectivity index is 1.29. The third-order valence-electron chi connectivity index (χ3n) is 4.97. The summed E-state index contributed by atoms with van der Waals surface area (Å²) in [5.74, 6) is 3.11. The van der Waals surface area contributed by atoms with Gasteiger partial charge in [-0.2, -0.15) is 9.36 Å². The molecule has 2 aromatic heterocycles. The molecule has 0 atom stereocenters. The molecular formula is C20H25N7O2S. The molecule has 0 aliphatic carbocycles. The molecule has 1 fully saturated rings. The number of piperazine rings is 1. The van der Waals surface area contributed by atoms with Gasteiger partial charge in [-0.3, -0.25) is 0 Å². The van der Waals surface area contributed by atoms with Crippen LogP contribution >= 0.6 is 11.5 Å². The van der Waals surface area contributed by atoms with Crippen molar-refractivity contribution in [3.05, 3.63) is 42.2 Å². The third kappa shape index (κ3) is 4.70. The molecule has 0 radical (unpaired) electrons. The van der Waals surface area contributed by atoms with E-state index in [2.05, 4.69) is 34.4 Å². The van der Waals surface area contributed by atoms with Gasteiger partial charge >= 0.3 is 0 Å². The van der Waals surface area contributed by atoms with Gasteiger partial charge in [-0.1, -0.05) is 0 Å². The summed E-state index contributed by atoms with van der Waals surface area (Å²) in [7, 11) is 3.34. The van der Waals surface area contributed by atoms with Gasteiger partial charge < -0.3 is 24.6 Å². The molecule has 1 aliphatic heterocycles. The average molecular weight is 428 g/mol. The molecule has 0 unspecified atom stereocenters. The van der Waals surface area contributed by atoms with Crippen molar-refractivity contribution in [1.29, 1.82) is 0 Å². The predicted molar refractivity (Wildman–Crippen MR) is 118 cm³/mol. The van der Waals surface area contributed by atoms with Crippen molar-refractivity contribution in [2.45, 2.75) is 6.42 Å². The minimum atomic E-state index is 0.658. The Morgan fingerprint density at radius 1 is 1.03 bits per heavy atom. The lowest BCUT2D eigenvalue weighted by Gasteiger charge is -2.34. The molecule has 1 N–H and O–H groups in total. The van der Waals surface area contributed by atoms with Crippen molar-refractivity contribution >= 4 is 28.6 Å².